The van der Waals surface area contributed by atoms with Gasteiger partial charge in [-0.2, -0.15) is 0 Å². The van der Waals surface area contributed by atoms with E-state index in [1.54, 1.807) is 39.2 Å². The fourth-order valence-corrected chi connectivity index (χ4v) is 2.02. The van der Waals surface area contributed by atoms with Crippen LogP contribution in [-0.4, -0.2) is 43.0 Å². The van der Waals surface area contributed by atoms with Crippen LogP contribution in [0.25, 0.3) is 0 Å². The van der Waals surface area contributed by atoms with Crippen LogP contribution in [0.5, 0.6) is 5.75 Å². The summed E-state index contributed by atoms with van der Waals surface area (Å²) in [5, 5.41) is 14.3. The zero-order valence-corrected chi connectivity index (χ0v) is 14.4. The van der Waals surface area contributed by atoms with Gasteiger partial charge in [0.25, 0.3) is 0 Å². The van der Waals surface area contributed by atoms with E-state index in [0.29, 0.717) is 31.1 Å². The average molecular weight is 338 g/mol. The predicted molar refractivity (Wildman–Crippen MR) is 91.5 cm³/mol. The Hall–Kier alpha value is -2.28. The number of carboxylic acids is 1. The Labute approximate surface area is 142 Å². The highest BCUT2D eigenvalue weighted by Gasteiger charge is 2.22. The van der Waals surface area contributed by atoms with Crippen LogP contribution < -0.4 is 15.4 Å². The highest BCUT2D eigenvalue weighted by Crippen LogP contribution is 2.24. The van der Waals surface area contributed by atoms with E-state index in [0.717, 1.165) is 6.42 Å². The summed E-state index contributed by atoms with van der Waals surface area (Å²) >= 11 is 0. The van der Waals surface area contributed by atoms with Crippen LogP contribution in [0.15, 0.2) is 24.3 Å². The first-order chi connectivity index (χ1) is 11.3. The Bertz CT molecular complexity index is 546. The van der Waals surface area contributed by atoms with Gasteiger partial charge in [0.1, 0.15) is 5.75 Å². The lowest BCUT2D eigenvalue weighted by Crippen LogP contribution is -2.45. The van der Waals surface area contributed by atoms with Crippen LogP contribution in [0.4, 0.5) is 10.5 Å². The van der Waals surface area contributed by atoms with Crippen molar-refractivity contribution in [3.8, 4) is 5.75 Å². The van der Waals surface area contributed by atoms with Crippen molar-refractivity contribution in [1.82, 2.24) is 5.32 Å². The average Bonchev–Trinajstić information content (AvgIpc) is 2.50. The quantitative estimate of drug-likeness (QED) is 0.570. The van der Waals surface area contributed by atoms with Crippen LogP contribution in [0.2, 0.25) is 0 Å². The molecule has 0 aliphatic heterocycles. The molecule has 0 heterocycles. The molecule has 7 nitrogen and oxygen atoms in total. The number of benzene rings is 1. The molecule has 0 fully saturated rings. The lowest BCUT2D eigenvalue weighted by molar-refractivity contribution is -0.137. The Balaban J connectivity index is 2.58. The standard InChI is InChI=1S/C17H26N2O5/c1-17(2,10-9-15(20)21)19-16(22)18-13-7-4-5-8-14(13)24-12-6-11-23-3/h4-5,7-8H,6,9-12H2,1-3H3,(H,20,21)(H2,18,19,22). The zero-order chi connectivity index (χ0) is 18.0. The van der Waals surface area contributed by atoms with Crippen LogP contribution in [0, 0.1) is 0 Å². The lowest BCUT2D eigenvalue weighted by atomic mass is 9.99. The van der Waals surface area contributed by atoms with Gasteiger partial charge in [-0.15, -0.1) is 0 Å². The molecule has 0 radical (unpaired) electrons. The highest BCUT2D eigenvalue weighted by molar-refractivity contribution is 5.91. The van der Waals surface area contributed by atoms with Crippen molar-refractivity contribution in [3.63, 3.8) is 0 Å². The molecule has 24 heavy (non-hydrogen) atoms. The molecule has 0 saturated heterocycles. The number of hydrogen-bond acceptors (Lipinski definition) is 4. The normalized spacial score (nSPS) is 11.0. The maximum atomic E-state index is 12.2. The van der Waals surface area contributed by atoms with Gasteiger partial charge in [0.15, 0.2) is 0 Å². The van der Waals surface area contributed by atoms with Gasteiger partial charge in [0.05, 0.1) is 12.3 Å². The highest BCUT2D eigenvalue weighted by atomic mass is 16.5. The Morgan fingerprint density at radius 3 is 2.58 bits per heavy atom. The smallest absolute Gasteiger partial charge is 0.319 e. The molecule has 0 aromatic heterocycles. The molecule has 0 unspecified atom stereocenters. The van der Waals surface area contributed by atoms with Gasteiger partial charge in [0, 0.05) is 32.1 Å². The molecular formula is C17H26N2O5. The molecule has 1 aromatic carbocycles. The van der Waals surface area contributed by atoms with Gasteiger partial charge in [-0.25, -0.2) is 4.79 Å². The molecule has 2 amide bonds. The molecule has 0 spiro atoms. The third-order valence-electron chi connectivity index (χ3n) is 3.30. The van der Waals surface area contributed by atoms with E-state index in [-0.39, 0.29) is 6.42 Å². The Morgan fingerprint density at radius 2 is 1.92 bits per heavy atom. The van der Waals surface area contributed by atoms with E-state index >= 15 is 0 Å². The van der Waals surface area contributed by atoms with Crippen molar-refractivity contribution < 1.29 is 24.2 Å². The van der Waals surface area contributed by atoms with E-state index in [1.165, 1.54) is 0 Å². The summed E-state index contributed by atoms with van der Waals surface area (Å²) in [6.07, 6.45) is 1.08. The minimum atomic E-state index is -0.889. The van der Waals surface area contributed by atoms with E-state index in [2.05, 4.69) is 10.6 Å². The number of urea groups is 1. The molecule has 7 heteroatoms. The van der Waals surface area contributed by atoms with Crippen molar-refractivity contribution in [1.29, 1.82) is 0 Å². The maximum absolute atomic E-state index is 12.2. The minimum absolute atomic E-state index is 0.00746. The number of rotatable bonds is 10. The summed E-state index contributed by atoms with van der Waals surface area (Å²) in [5.41, 5.74) is -0.0713. The first-order valence-corrected chi connectivity index (χ1v) is 7.86. The number of amides is 2. The molecule has 0 aliphatic rings. The topological polar surface area (TPSA) is 96.9 Å². The van der Waals surface area contributed by atoms with Crippen molar-refractivity contribution in [2.75, 3.05) is 25.6 Å². The first-order valence-electron chi connectivity index (χ1n) is 7.86. The van der Waals surface area contributed by atoms with Crippen LogP contribution in [-0.2, 0) is 9.53 Å². The van der Waals surface area contributed by atoms with Crippen molar-refractivity contribution in [3.05, 3.63) is 24.3 Å². The number of carbonyl (C=O) groups is 2. The van der Waals surface area contributed by atoms with E-state index < -0.39 is 17.5 Å². The third-order valence-corrected chi connectivity index (χ3v) is 3.30. The van der Waals surface area contributed by atoms with Crippen LogP contribution in [0.3, 0.4) is 0 Å². The summed E-state index contributed by atoms with van der Waals surface area (Å²) in [6, 6.07) is 6.74. The second kappa shape index (κ2) is 9.77. The number of carboxylic acid groups (broad SMARTS) is 1. The molecule has 1 aromatic rings. The fourth-order valence-electron chi connectivity index (χ4n) is 2.02. The number of ether oxygens (including phenoxy) is 2. The van der Waals surface area contributed by atoms with E-state index in [1.807, 2.05) is 6.07 Å². The maximum Gasteiger partial charge on any atom is 0.319 e. The number of aliphatic carboxylic acids is 1. The van der Waals surface area contributed by atoms with Gasteiger partial charge in [-0.3, -0.25) is 4.79 Å². The van der Waals surface area contributed by atoms with Crippen molar-refractivity contribution in [2.24, 2.45) is 0 Å². The summed E-state index contributed by atoms with van der Waals surface area (Å²) in [4.78, 5) is 22.8. The van der Waals surface area contributed by atoms with E-state index in [9.17, 15) is 9.59 Å². The van der Waals surface area contributed by atoms with Crippen LogP contribution in [0.1, 0.15) is 33.1 Å². The minimum Gasteiger partial charge on any atom is -0.491 e. The van der Waals surface area contributed by atoms with Gasteiger partial charge in [-0.1, -0.05) is 12.1 Å². The number of carbonyl (C=O) groups excluding carboxylic acids is 1. The monoisotopic (exact) mass is 338 g/mol. The summed E-state index contributed by atoms with van der Waals surface area (Å²) in [7, 11) is 1.63. The molecular weight excluding hydrogens is 312 g/mol. The molecule has 134 valence electrons. The number of para-hydroxylation sites is 2. The molecule has 3 N–H and O–H groups in total. The summed E-state index contributed by atoms with van der Waals surface area (Å²) < 4.78 is 10.6. The Kier molecular flexibility index (Phi) is 8.05. The number of nitrogens with one attached hydrogen (secondary N) is 2. The fraction of sp³-hybridized carbons (Fsp3) is 0.529. The van der Waals surface area contributed by atoms with Crippen molar-refractivity contribution in [2.45, 2.75) is 38.6 Å². The largest absolute Gasteiger partial charge is 0.491 e. The number of methoxy groups -OCH3 is 1. The first kappa shape index (κ1) is 19.8. The summed E-state index contributed by atoms with van der Waals surface area (Å²) in [6.45, 7) is 4.65. The predicted octanol–water partition coefficient (Wildman–Crippen LogP) is 2.87. The Morgan fingerprint density at radius 1 is 1.21 bits per heavy atom. The summed E-state index contributed by atoms with van der Waals surface area (Å²) in [5.74, 6) is -0.313. The van der Waals surface area contributed by atoms with Gasteiger partial charge >= 0.3 is 12.0 Å². The molecule has 0 bridgehead atoms. The van der Waals surface area contributed by atoms with Gasteiger partial charge in [0.2, 0.25) is 0 Å². The van der Waals surface area contributed by atoms with Gasteiger partial charge in [-0.05, 0) is 32.4 Å². The molecule has 0 aliphatic carbocycles. The SMILES string of the molecule is COCCCOc1ccccc1NC(=O)NC(C)(C)CCC(=O)O. The second-order valence-electron chi connectivity index (χ2n) is 6.05. The lowest BCUT2D eigenvalue weighted by Gasteiger charge is -2.26. The van der Waals surface area contributed by atoms with Crippen molar-refractivity contribution >= 4 is 17.7 Å². The number of anilines is 1. The zero-order valence-electron chi connectivity index (χ0n) is 14.4. The molecule has 0 saturated carbocycles. The second-order valence-corrected chi connectivity index (χ2v) is 6.05. The van der Waals surface area contributed by atoms with Gasteiger partial charge < -0.3 is 25.2 Å². The third kappa shape index (κ3) is 7.82. The number of hydrogen-bond donors (Lipinski definition) is 3. The molecule has 1 rings (SSSR count). The van der Waals surface area contributed by atoms with E-state index in [4.69, 9.17) is 14.6 Å². The molecule has 0 atom stereocenters. The van der Waals surface area contributed by atoms with Crippen LogP contribution >= 0.6 is 0 Å².